The van der Waals surface area contributed by atoms with E-state index in [-0.39, 0.29) is 35.1 Å². The van der Waals surface area contributed by atoms with Crippen LogP contribution in [0.15, 0.2) is 18.2 Å². The number of hydrogen-bond donors (Lipinski definition) is 2. The van der Waals surface area contributed by atoms with Crippen LogP contribution in [0.3, 0.4) is 0 Å². The summed E-state index contributed by atoms with van der Waals surface area (Å²) >= 11 is 6.09. The molecule has 31 heavy (non-hydrogen) atoms. The van der Waals surface area contributed by atoms with Gasteiger partial charge in [0.2, 0.25) is 5.91 Å². The van der Waals surface area contributed by atoms with Gasteiger partial charge in [-0.2, -0.15) is 0 Å². The fraction of sp³-hybridized carbons (Fsp3) is 0.364. The van der Waals surface area contributed by atoms with Gasteiger partial charge in [0.05, 0.1) is 36.0 Å². The molecule has 0 unspecified atom stereocenters. The summed E-state index contributed by atoms with van der Waals surface area (Å²) < 4.78 is 4.80. The molecule has 1 fully saturated rings. The topological polar surface area (TPSA) is 109 Å². The highest BCUT2D eigenvalue weighted by molar-refractivity contribution is 6.31. The average Bonchev–Trinajstić information content (AvgIpc) is 3.35. The Morgan fingerprint density at radius 2 is 1.87 bits per heavy atom. The van der Waals surface area contributed by atoms with Gasteiger partial charge in [-0.25, -0.2) is 4.79 Å². The molecule has 9 heteroatoms. The first-order valence-corrected chi connectivity index (χ1v) is 10.3. The zero-order chi connectivity index (χ0) is 22.7. The van der Waals surface area contributed by atoms with E-state index in [1.54, 1.807) is 24.0 Å². The van der Waals surface area contributed by atoms with Crippen LogP contribution in [0.25, 0.3) is 0 Å². The predicted molar refractivity (Wildman–Crippen MR) is 116 cm³/mol. The maximum absolute atomic E-state index is 12.9. The fourth-order valence-corrected chi connectivity index (χ4v) is 3.95. The Labute approximate surface area is 184 Å². The van der Waals surface area contributed by atoms with Crippen LogP contribution in [-0.4, -0.2) is 53.7 Å². The van der Waals surface area contributed by atoms with Gasteiger partial charge in [-0.15, -0.1) is 0 Å². The van der Waals surface area contributed by atoms with E-state index in [1.807, 2.05) is 0 Å². The summed E-state index contributed by atoms with van der Waals surface area (Å²) in [5.74, 6) is -1.55. The SMILES string of the molecule is COC(=O)c1c(CC(=O)Nc2cc(Cl)ccc2C(=O)N2CCCC2)[nH]c(C(C)=O)c1C. The standard InChI is InChI=1S/C22H24ClN3O5/c1-12-19(22(30)31-3)17(25-20(12)13(2)27)11-18(28)24-16-10-14(23)6-7-15(16)21(29)26-8-4-5-9-26/h6-7,10,25H,4-5,8-9,11H2,1-3H3,(H,24,28). The molecular formula is C22H24ClN3O5. The number of nitrogens with one attached hydrogen (secondary N) is 2. The number of ether oxygens (including phenoxy) is 1. The second-order valence-electron chi connectivity index (χ2n) is 7.44. The number of ketones is 1. The molecule has 2 amide bonds. The van der Waals surface area contributed by atoms with Crippen LogP contribution in [-0.2, 0) is 16.0 Å². The van der Waals surface area contributed by atoms with Crippen molar-refractivity contribution in [1.82, 2.24) is 9.88 Å². The summed E-state index contributed by atoms with van der Waals surface area (Å²) in [6, 6.07) is 4.71. The average molecular weight is 446 g/mol. The van der Waals surface area contributed by atoms with Crippen LogP contribution in [0.2, 0.25) is 5.02 Å². The van der Waals surface area contributed by atoms with Crippen molar-refractivity contribution in [3.05, 3.63) is 51.3 Å². The summed E-state index contributed by atoms with van der Waals surface area (Å²) in [5, 5.41) is 3.09. The monoisotopic (exact) mass is 445 g/mol. The molecule has 0 bridgehead atoms. The minimum absolute atomic E-state index is 0.155. The van der Waals surface area contributed by atoms with Crippen molar-refractivity contribution in [2.45, 2.75) is 33.1 Å². The molecule has 0 saturated carbocycles. The lowest BCUT2D eigenvalue weighted by molar-refractivity contribution is -0.115. The van der Waals surface area contributed by atoms with Gasteiger partial charge in [-0.3, -0.25) is 14.4 Å². The smallest absolute Gasteiger partial charge is 0.339 e. The molecule has 164 valence electrons. The van der Waals surface area contributed by atoms with Gasteiger partial charge in [-0.05, 0) is 43.5 Å². The van der Waals surface area contributed by atoms with E-state index < -0.39 is 11.9 Å². The van der Waals surface area contributed by atoms with Crippen LogP contribution < -0.4 is 5.32 Å². The molecule has 0 aliphatic carbocycles. The molecule has 3 rings (SSSR count). The number of carbonyl (C=O) groups is 4. The quantitative estimate of drug-likeness (QED) is 0.523. The van der Waals surface area contributed by atoms with E-state index >= 15 is 0 Å². The normalized spacial score (nSPS) is 13.2. The number of esters is 1. The molecule has 2 heterocycles. The van der Waals surface area contributed by atoms with Crippen LogP contribution in [0.4, 0.5) is 5.69 Å². The molecule has 8 nitrogen and oxygen atoms in total. The van der Waals surface area contributed by atoms with Crippen molar-refractivity contribution in [3.63, 3.8) is 0 Å². The zero-order valence-corrected chi connectivity index (χ0v) is 18.4. The van der Waals surface area contributed by atoms with E-state index in [0.29, 0.717) is 34.9 Å². The summed E-state index contributed by atoms with van der Waals surface area (Å²) in [4.78, 5) is 54.3. The first kappa shape index (κ1) is 22.6. The van der Waals surface area contributed by atoms with E-state index in [2.05, 4.69) is 10.3 Å². The Kier molecular flexibility index (Phi) is 6.80. The molecule has 0 spiro atoms. The number of aromatic nitrogens is 1. The van der Waals surface area contributed by atoms with Gasteiger partial charge >= 0.3 is 5.97 Å². The molecule has 2 aromatic rings. The zero-order valence-electron chi connectivity index (χ0n) is 17.6. The molecule has 1 aromatic carbocycles. The number of anilines is 1. The van der Waals surface area contributed by atoms with Gasteiger partial charge in [0.15, 0.2) is 5.78 Å². The lowest BCUT2D eigenvalue weighted by Gasteiger charge is -2.18. The predicted octanol–water partition coefficient (Wildman–Crippen LogP) is 3.38. The number of benzene rings is 1. The first-order chi connectivity index (χ1) is 14.7. The number of Topliss-reactive ketones (excluding diaryl/α,β-unsaturated/α-hetero) is 1. The van der Waals surface area contributed by atoms with Crippen LogP contribution >= 0.6 is 11.6 Å². The molecule has 1 saturated heterocycles. The fourth-order valence-electron chi connectivity index (χ4n) is 3.77. The number of hydrogen-bond acceptors (Lipinski definition) is 5. The van der Waals surface area contributed by atoms with Crippen molar-refractivity contribution < 1.29 is 23.9 Å². The Morgan fingerprint density at radius 3 is 2.48 bits per heavy atom. The van der Waals surface area contributed by atoms with Gasteiger partial charge < -0.3 is 19.9 Å². The van der Waals surface area contributed by atoms with Crippen molar-refractivity contribution >= 4 is 40.9 Å². The van der Waals surface area contributed by atoms with E-state index in [4.69, 9.17) is 16.3 Å². The Bertz CT molecular complexity index is 1050. The number of halogens is 1. The number of H-pyrrole nitrogens is 1. The molecule has 0 atom stereocenters. The van der Waals surface area contributed by atoms with E-state index in [0.717, 1.165) is 12.8 Å². The lowest BCUT2D eigenvalue weighted by atomic mass is 10.1. The Balaban J connectivity index is 1.87. The van der Waals surface area contributed by atoms with Crippen molar-refractivity contribution in [2.24, 2.45) is 0 Å². The van der Waals surface area contributed by atoms with Crippen LogP contribution in [0.5, 0.6) is 0 Å². The molecule has 2 N–H and O–H groups in total. The van der Waals surface area contributed by atoms with Gasteiger partial charge in [-0.1, -0.05) is 11.6 Å². The maximum Gasteiger partial charge on any atom is 0.339 e. The van der Waals surface area contributed by atoms with E-state index in [9.17, 15) is 19.2 Å². The molecule has 0 radical (unpaired) electrons. The minimum atomic E-state index is -0.642. The van der Waals surface area contributed by atoms with Crippen molar-refractivity contribution in [3.8, 4) is 0 Å². The van der Waals surface area contributed by atoms with Gasteiger partial charge in [0.1, 0.15) is 0 Å². The molecule has 1 aliphatic rings. The van der Waals surface area contributed by atoms with Crippen molar-refractivity contribution in [2.75, 3.05) is 25.5 Å². The largest absolute Gasteiger partial charge is 0.465 e. The Hall–Kier alpha value is -3.13. The highest BCUT2D eigenvalue weighted by Gasteiger charge is 2.26. The van der Waals surface area contributed by atoms with Gasteiger partial charge in [0.25, 0.3) is 5.91 Å². The van der Waals surface area contributed by atoms with Crippen LogP contribution in [0, 0.1) is 6.92 Å². The van der Waals surface area contributed by atoms with E-state index in [1.165, 1.54) is 20.1 Å². The minimum Gasteiger partial charge on any atom is -0.465 e. The lowest BCUT2D eigenvalue weighted by Crippen LogP contribution is -2.29. The second kappa shape index (κ2) is 9.34. The highest BCUT2D eigenvalue weighted by Crippen LogP contribution is 2.25. The number of rotatable bonds is 6. The summed E-state index contributed by atoms with van der Waals surface area (Å²) in [5.41, 5.74) is 1.73. The summed E-state index contributed by atoms with van der Waals surface area (Å²) in [6.07, 6.45) is 1.67. The number of amides is 2. The highest BCUT2D eigenvalue weighted by atomic mass is 35.5. The maximum atomic E-state index is 12.9. The first-order valence-electron chi connectivity index (χ1n) is 9.92. The third-order valence-electron chi connectivity index (χ3n) is 5.29. The number of methoxy groups -OCH3 is 1. The Morgan fingerprint density at radius 1 is 1.19 bits per heavy atom. The summed E-state index contributed by atoms with van der Waals surface area (Å²) in [6.45, 7) is 4.33. The summed E-state index contributed by atoms with van der Waals surface area (Å²) in [7, 11) is 1.23. The number of aromatic amines is 1. The van der Waals surface area contributed by atoms with Crippen molar-refractivity contribution in [1.29, 1.82) is 0 Å². The third kappa shape index (κ3) is 4.80. The second-order valence-corrected chi connectivity index (χ2v) is 7.88. The van der Waals surface area contributed by atoms with Gasteiger partial charge in [0, 0.05) is 30.7 Å². The number of nitrogens with zero attached hydrogens (tertiary/aromatic N) is 1. The molecule has 1 aliphatic heterocycles. The van der Waals surface area contributed by atoms with Crippen LogP contribution in [0.1, 0.15) is 62.2 Å². The molecular weight excluding hydrogens is 422 g/mol. The number of carbonyl (C=O) groups excluding carboxylic acids is 4. The number of likely N-dealkylation sites (tertiary alicyclic amines) is 1. The molecule has 1 aromatic heterocycles. The third-order valence-corrected chi connectivity index (χ3v) is 5.52.